The molecule has 0 aliphatic carbocycles. The lowest BCUT2D eigenvalue weighted by Crippen LogP contribution is -2.32. The molecule has 1 aromatic carbocycles. The lowest BCUT2D eigenvalue weighted by atomic mass is 10.2. The normalized spacial score (nSPS) is 15.7. The number of hydrogen-bond acceptors (Lipinski definition) is 5. The van der Waals surface area contributed by atoms with E-state index in [2.05, 4.69) is 0 Å². The summed E-state index contributed by atoms with van der Waals surface area (Å²) in [4.78, 5) is 14.4. The molecule has 7 nitrogen and oxygen atoms in total. The fourth-order valence-corrected chi connectivity index (χ4v) is 5.23. The van der Waals surface area contributed by atoms with Crippen LogP contribution in [0, 0.1) is 6.92 Å². The van der Waals surface area contributed by atoms with Crippen LogP contribution in [0.5, 0.6) is 5.75 Å². The zero-order chi connectivity index (χ0) is 21.0. The summed E-state index contributed by atoms with van der Waals surface area (Å²) in [6.07, 6.45) is 3.73. The van der Waals surface area contributed by atoms with Crippen molar-refractivity contribution in [2.45, 2.75) is 44.0 Å². The second kappa shape index (κ2) is 9.00. The molecule has 1 aromatic heterocycles. The van der Waals surface area contributed by atoms with Crippen molar-refractivity contribution < 1.29 is 22.4 Å². The predicted octanol–water partition coefficient (Wildman–Crippen LogP) is 3.43. The van der Waals surface area contributed by atoms with E-state index in [4.69, 9.17) is 9.15 Å². The zero-order valence-corrected chi connectivity index (χ0v) is 18.0. The number of carbonyl (C=O) groups excluding carboxylic acids is 1. The van der Waals surface area contributed by atoms with Gasteiger partial charge in [0.25, 0.3) is 5.91 Å². The maximum Gasteiger partial charge on any atom is 0.254 e. The molecule has 0 bridgehead atoms. The maximum atomic E-state index is 13.3. The Morgan fingerprint density at radius 2 is 1.83 bits per heavy atom. The van der Waals surface area contributed by atoms with E-state index in [9.17, 15) is 13.2 Å². The van der Waals surface area contributed by atoms with E-state index in [1.54, 1.807) is 19.2 Å². The van der Waals surface area contributed by atoms with Crippen LogP contribution in [-0.2, 0) is 16.6 Å². The molecule has 0 unspecified atom stereocenters. The number of rotatable bonds is 6. The molecule has 0 spiro atoms. The van der Waals surface area contributed by atoms with Crippen molar-refractivity contribution in [2.24, 2.45) is 0 Å². The van der Waals surface area contributed by atoms with Crippen LogP contribution in [-0.4, -0.2) is 50.8 Å². The molecule has 1 aliphatic heterocycles. The van der Waals surface area contributed by atoms with E-state index in [1.807, 2.05) is 19.1 Å². The van der Waals surface area contributed by atoms with Crippen molar-refractivity contribution in [2.75, 3.05) is 27.2 Å². The molecule has 2 aromatic rings. The van der Waals surface area contributed by atoms with Crippen LogP contribution in [0.2, 0.25) is 0 Å². The number of aryl methyl sites for hydroxylation is 1. The highest BCUT2D eigenvalue weighted by molar-refractivity contribution is 7.89. The Hall–Kier alpha value is -2.32. The summed E-state index contributed by atoms with van der Waals surface area (Å²) in [5.74, 6) is 1.41. The molecule has 1 saturated heterocycles. The molecule has 0 radical (unpaired) electrons. The molecule has 1 amide bonds. The van der Waals surface area contributed by atoms with Gasteiger partial charge in [0.15, 0.2) is 0 Å². The lowest BCUT2D eigenvalue weighted by Gasteiger charge is -2.22. The number of methoxy groups -OCH3 is 1. The van der Waals surface area contributed by atoms with Gasteiger partial charge in [0.05, 0.1) is 13.7 Å². The summed E-state index contributed by atoms with van der Waals surface area (Å²) >= 11 is 0. The molecule has 3 rings (SSSR count). The quantitative estimate of drug-likeness (QED) is 0.715. The van der Waals surface area contributed by atoms with Crippen LogP contribution in [0.3, 0.4) is 0 Å². The van der Waals surface area contributed by atoms with Crippen LogP contribution >= 0.6 is 0 Å². The molecular weight excluding hydrogens is 392 g/mol. The van der Waals surface area contributed by atoms with Gasteiger partial charge in [-0.25, -0.2) is 8.42 Å². The standard InChI is InChI=1S/C21H28N2O5S/c1-16-8-10-18(28-16)15-22(2)21(24)17-9-11-19(27-3)20(14-17)29(25,26)23-12-6-4-5-7-13-23/h8-11,14H,4-7,12-13,15H2,1-3H3. The summed E-state index contributed by atoms with van der Waals surface area (Å²) in [6.45, 7) is 3.12. The Labute approximate surface area is 172 Å². The smallest absolute Gasteiger partial charge is 0.254 e. The van der Waals surface area contributed by atoms with Crippen LogP contribution in [0.15, 0.2) is 39.6 Å². The first-order chi connectivity index (χ1) is 13.8. The average molecular weight is 421 g/mol. The first kappa shape index (κ1) is 21.4. The van der Waals surface area contributed by atoms with Crippen molar-refractivity contribution in [1.29, 1.82) is 0 Å². The molecule has 0 atom stereocenters. The van der Waals surface area contributed by atoms with E-state index >= 15 is 0 Å². The summed E-state index contributed by atoms with van der Waals surface area (Å²) in [6, 6.07) is 8.22. The van der Waals surface area contributed by atoms with Crippen LogP contribution in [0.25, 0.3) is 0 Å². The van der Waals surface area contributed by atoms with Crippen molar-refractivity contribution >= 4 is 15.9 Å². The number of benzene rings is 1. The lowest BCUT2D eigenvalue weighted by molar-refractivity contribution is 0.0774. The Balaban J connectivity index is 1.88. The van der Waals surface area contributed by atoms with Gasteiger partial charge in [0.2, 0.25) is 10.0 Å². The first-order valence-corrected chi connectivity index (χ1v) is 11.3. The summed E-state index contributed by atoms with van der Waals surface area (Å²) in [5.41, 5.74) is 0.296. The number of carbonyl (C=O) groups is 1. The number of furan rings is 1. The minimum atomic E-state index is -3.75. The van der Waals surface area contributed by atoms with Gasteiger partial charge >= 0.3 is 0 Å². The highest BCUT2D eigenvalue weighted by atomic mass is 32.2. The van der Waals surface area contributed by atoms with E-state index in [0.29, 0.717) is 31.0 Å². The molecular formula is C21H28N2O5S. The van der Waals surface area contributed by atoms with E-state index < -0.39 is 10.0 Å². The highest BCUT2D eigenvalue weighted by Gasteiger charge is 2.29. The zero-order valence-electron chi connectivity index (χ0n) is 17.2. The van der Waals surface area contributed by atoms with Crippen molar-refractivity contribution in [3.8, 4) is 5.75 Å². The van der Waals surface area contributed by atoms with E-state index in [-0.39, 0.29) is 16.6 Å². The van der Waals surface area contributed by atoms with Gasteiger partial charge in [-0.15, -0.1) is 0 Å². The molecule has 158 valence electrons. The second-order valence-electron chi connectivity index (χ2n) is 7.36. The molecule has 2 heterocycles. The maximum absolute atomic E-state index is 13.3. The predicted molar refractivity (Wildman–Crippen MR) is 109 cm³/mol. The molecule has 1 aliphatic rings. The Morgan fingerprint density at radius 3 is 2.41 bits per heavy atom. The topological polar surface area (TPSA) is 80.1 Å². The van der Waals surface area contributed by atoms with Gasteiger partial charge in [0, 0.05) is 25.7 Å². The van der Waals surface area contributed by atoms with Gasteiger partial charge in [-0.05, 0) is 50.1 Å². The highest BCUT2D eigenvalue weighted by Crippen LogP contribution is 2.30. The molecule has 1 fully saturated rings. The Kier molecular flexibility index (Phi) is 6.64. The van der Waals surface area contributed by atoms with E-state index in [0.717, 1.165) is 31.4 Å². The monoisotopic (exact) mass is 420 g/mol. The Morgan fingerprint density at radius 1 is 1.14 bits per heavy atom. The van der Waals surface area contributed by atoms with Crippen LogP contribution in [0.1, 0.15) is 47.6 Å². The fraction of sp³-hybridized carbons (Fsp3) is 0.476. The number of hydrogen-bond donors (Lipinski definition) is 0. The number of amides is 1. The van der Waals surface area contributed by atoms with Gasteiger partial charge in [-0.2, -0.15) is 4.31 Å². The molecule has 8 heteroatoms. The fourth-order valence-electron chi connectivity index (χ4n) is 3.53. The third kappa shape index (κ3) is 4.82. The molecule has 29 heavy (non-hydrogen) atoms. The summed E-state index contributed by atoms with van der Waals surface area (Å²) in [7, 11) is -0.652. The molecule has 0 saturated carbocycles. The average Bonchev–Trinajstić information content (AvgIpc) is 2.95. The Bertz CT molecular complexity index is 959. The van der Waals surface area contributed by atoms with Gasteiger partial charge in [0.1, 0.15) is 22.2 Å². The number of ether oxygens (including phenoxy) is 1. The SMILES string of the molecule is COc1ccc(C(=O)N(C)Cc2ccc(C)o2)cc1S(=O)(=O)N1CCCCCC1. The summed E-state index contributed by atoms with van der Waals surface area (Å²) in [5, 5.41) is 0. The first-order valence-electron chi connectivity index (χ1n) is 9.82. The van der Waals surface area contributed by atoms with Gasteiger partial charge < -0.3 is 14.1 Å². The molecule has 0 N–H and O–H groups in total. The summed E-state index contributed by atoms with van der Waals surface area (Å²) < 4.78 is 38.9. The van der Waals surface area contributed by atoms with E-state index in [1.165, 1.54) is 22.4 Å². The van der Waals surface area contributed by atoms with Crippen molar-refractivity contribution in [1.82, 2.24) is 9.21 Å². The number of nitrogens with zero attached hydrogens (tertiary/aromatic N) is 2. The minimum absolute atomic E-state index is 0.0370. The largest absolute Gasteiger partial charge is 0.495 e. The second-order valence-corrected chi connectivity index (χ2v) is 9.26. The van der Waals surface area contributed by atoms with Crippen LogP contribution in [0.4, 0.5) is 0 Å². The number of sulfonamides is 1. The van der Waals surface area contributed by atoms with Gasteiger partial charge in [-0.3, -0.25) is 4.79 Å². The van der Waals surface area contributed by atoms with Gasteiger partial charge in [-0.1, -0.05) is 12.8 Å². The third-order valence-electron chi connectivity index (χ3n) is 5.13. The van der Waals surface area contributed by atoms with Crippen LogP contribution < -0.4 is 4.74 Å². The minimum Gasteiger partial charge on any atom is -0.495 e. The van der Waals surface area contributed by atoms with Crippen molar-refractivity contribution in [3.63, 3.8) is 0 Å². The van der Waals surface area contributed by atoms with Crippen molar-refractivity contribution in [3.05, 3.63) is 47.4 Å². The third-order valence-corrected chi connectivity index (χ3v) is 7.05.